The summed E-state index contributed by atoms with van der Waals surface area (Å²) < 4.78 is 0. The maximum absolute atomic E-state index is 12.1. The Balaban J connectivity index is 1.79. The Morgan fingerprint density at radius 2 is 2.00 bits per heavy atom. The second kappa shape index (κ2) is 7.25. The first kappa shape index (κ1) is 14.8. The van der Waals surface area contributed by atoms with Gasteiger partial charge in [-0.05, 0) is 51.2 Å². The maximum Gasteiger partial charge on any atom is 0.237 e. The summed E-state index contributed by atoms with van der Waals surface area (Å²) in [5, 5.41) is 6.48. The summed E-state index contributed by atoms with van der Waals surface area (Å²) >= 11 is 0. The number of hydrogen-bond donors (Lipinski definition) is 2. The Morgan fingerprint density at radius 1 is 1.26 bits per heavy atom. The third-order valence-corrected chi connectivity index (χ3v) is 4.49. The summed E-state index contributed by atoms with van der Waals surface area (Å²) in [6, 6.07) is 0.537. The molecule has 110 valence electrons. The summed E-state index contributed by atoms with van der Waals surface area (Å²) in [6.07, 6.45) is 5.97. The third kappa shape index (κ3) is 4.18. The summed E-state index contributed by atoms with van der Waals surface area (Å²) in [5.74, 6) is 0.794. The Hall–Kier alpha value is -0.610. The molecule has 4 nitrogen and oxygen atoms in total. The molecule has 0 radical (unpaired) electrons. The summed E-state index contributed by atoms with van der Waals surface area (Å²) in [4.78, 5) is 14.7. The van der Waals surface area contributed by atoms with Crippen LogP contribution in [0.25, 0.3) is 0 Å². The van der Waals surface area contributed by atoms with Crippen molar-refractivity contribution in [1.29, 1.82) is 0 Å². The Labute approximate surface area is 117 Å². The molecule has 0 bridgehead atoms. The lowest BCUT2D eigenvalue weighted by atomic mass is 10.0. The van der Waals surface area contributed by atoms with Crippen molar-refractivity contribution in [2.24, 2.45) is 5.92 Å². The average Bonchev–Trinajstić information content (AvgIpc) is 2.93. The van der Waals surface area contributed by atoms with Gasteiger partial charge in [-0.15, -0.1) is 0 Å². The van der Waals surface area contributed by atoms with Crippen LogP contribution in [0.15, 0.2) is 0 Å². The van der Waals surface area contributed by atoms with E-state index in [2.05, 4.69) is 29.4 Å². The smallest absolute Gasteiger partial charge is 0.237 e. The van der Waals surface area contributed by atoms with Crippen LogP contribution in [0, 0.1) is 5.92 Å². The van der Waals surface area contributed by atoms with Gasteiger partial charge in [-0.25, -0.2) is 0 Å². The molecule has 1 amide bonds. The van der Waals surface area contributed by atoms with Gasteiger partial charge in [0, 0.05) is 12.6 Å². The van der Waals surface area contributed by atoms with Crippen molar-refractivity contribution in [3.05, 3.63) is 0 Å². The van der Waals surface area contributed by atoms with Gasteiger partial charge in [0.2, 0.25) is 5.91 Å². The fourth-order valence-corrected chi connectivity index (χ4v) is 3.26. The molecule has 0 aromatic carbocycles. The van der Waals surface area contributed by atoms with E-state index in [0.717, 1.165) is 19.5 Å². The number of rotatable bonds is 5. The van der Waals surface area contributed by atoms with Crippen LogP contribution < -0.4 is 10.6 Å². The third-order valence-electron chi connectivity index (χ3n) is 4.49. The average molecular weight is 267 g/mol. The molecule has 0 aromatic rings. The molecule has 2 fully saturated rings. The first-order chi connectivity index (χ1) is 9.18. The molecule has 2 aliphatic heterocycles. The van der Waals surface area contributed by atoms with Crippen LogP contribution in [0.4, 0.5) is 0 Å². The highest BCUT2D eigenvalue weighted by Crippen LogP contribution is 2.17. The van der Waals surface area contributed by atoms with Crippen molar-refractivity contribution < 1.29 is 4.79 Å². The molecular formula is C15H29N3O. The van der Waals surface area contributed by atoms with Gasteiger partial charge in [0.05, 0.1) is 6.04 Å². The fourth-order valence-electron chi connectivity index (χ4n) is 3.26. The van der Waals surface area contributed by atoms with Gasteiger partial charge in [-0.1, -0.05) is 20.3 Å². The van der Waals surface area contributed by atoms with E-state index in [1.807, 2.05) is 0 Å². The first-order valence-electron chi connectivity index (χ1n) is 7.93. The number of nitrogens with one attached hydrogen (secondary N) is 2. The van der Waals surface area contributed by atoms with Crippen molar-refractivity contribution in [2.45, 2.75) is 58.0 Å². The van der Waals surface area contributed by atoms with Crippen LogP contribution in [0.5, 0.6) is 0 Å². The molecule has 2 atom stereocenters. The fraction of sp³-hybridized carbons (Fsp3) is 0.933. The molecule has 2 heterocycles. The predicted octanol–water partition coefficient (Wildman–Crippen LogP) is 1.37. The lowest BCUT2D eigenvalue weighted by Crippen LogP contribution is -2.51. The lowest BCUT2D eigenvalue weighted by Gasteiger charge is -2.32. The zero-order valence-electron chi connectivity index (χ0n) is 12.5. The highest BCUT2D eigenvalue weighted by Gasteiger charge is 2.26. The van der Waals surface area contributed by atoms with Gasteiger partial charge in [-0.2, -0.15) is 0 Å². The van der Waals surface area contributed by atoms with E-state index in [1.54, 1.807) is 0 Å². The molecule has 0 aromatic heterocycles. The van der Waals surface area contributed by atoms with Crippen molar-refractivity contribution >= 4 is 5.91 Å². The van der Waals surface area contributed by atoms with Gasteiger partial charge < -0.3 is 10.6 Å². The predicted molar refractivity (Wildman–Crippen MR) is 78.1 cm³/mol. The number of piperidine rings is 1. The highest BCUT2D eigenvalue weighted by molar-refractivity contribution is 5.81. The van der Waals surface area contributed by atoms with E-state index in [9.17, 15) is 4.79 Å². The van der Waals surface area contributed by atoms with Crippen molar-refractivity contribution in [3.63, 3.8) is 0 Å². The molecule has 0 saturated carbocycles. The largest absolute Gasteiger partial charge is 0.353 e. The van der Waals surface area contributed by atoms with Crippen LogP contribution in [0.1, 0.15) is 46.0 Å². The Kier molecular flexibility index (Phi) is 5.64. The summed E-state index contributed by atoms with van der Waals surface area (Å²) in [7, 11) is 0. The molecular weight excluding hydrogens is 238 g/mol. The number of amides is 1. The van der Waals surface area contributed by atoms with Gasteiger partial charge in [-0.3, -0.25) is 9.69 Å². The Morgan fingerprint density at radius 3 is 2.58 bits per heavy atom. The molecule has 2 saturated heterocycles. The number of likely N-dealkylation sites (tertiary alicyclic amines) is 1. The van der Waals surface area contributed by atoms with Crippen molar-refractivity contribution in [1.82, 2.24) is 15.5 Å². The van der Waals surface area contributed by atoms with E-state index in [1.165, 1.54) is 38.8 Å². The summed E-state index contributed by atoms with van der Waals surface area (Å²) in [6.45, 7) is 8.69. The number of hydrogen-bond acceptors (Lipinski definition) is 3. The summed E-state index contributed by atoms with van der Waals surface area (Å²) in [5.41, 5.74) is 0. The van der Waals surface area contributed by atoms with Crippen LogP contribution in [-0.2, 0) is 4.79 Å². The lowest BCUT2D eigenvalue weighted by molar-refractivity contribution is -0.124. The monoisotopic (exact) mass is 267 g/mol. The molecule has 0 spiro atoms. The van der Waals surface area contributed by atoms with Crippen LogP contribution >= 0.6 is 0 Å². The standard InChI is InChI=1S/C15H29N3O/c1-12(2)14(18-9-5-6-10-18)11-17-15(19)13-7-3-4-8-16-13/h12-14,16H,3-11H2,1-2H3,(H,17,19). The maximum atomic E-state index is 12.1. The topological polar surface area (TPSA) is 44.4 Å². The van der Waals surface area contributed by atoms with Gasteiger partial charge >= 0.3 is 0 Å². The zero-order chi connectivity index (χ0) is 13.7. The molecule has 0 aliphatic carbocycles. The van der Waals surface area contributed by atoms with Crippen molar-refractivity contribution in [3.8, 4) is 0 Å². The molecule has 2 rings (SSSR count). The molecule has 2 N–H and O–H groups in total. The zero-order valence-corrected chi connectivity index (χ0v) is 12.5. The van der Waals surface area contributed by atoms with E-state index >= 15 is 0 Å². The highest BCUT2D eigenvalue weighted by atomic mass is 16.2. The van der Waals surface area contributed by atoms with E-state index in [4.69, 9.17) is 0 Å². The van der Waals surface area contributed by atoms with E-state index in [-0.39, 0.29) is 11.9 Å². The minimum absolute atomic E-state index is 0.0418. The SMILES string of the molecule is CC(C)C(CNC(=O)C1CCCCN1)N1CCCC1. The van der Waals surface area contributed by atoms with Crippen LogP contribution in [-0.4, -0.2) is 49.1 Å². The molecule has 2 aliphatic rings. The minimum Gasteiger partial charge on any atom is -0.353 e. The van der Waals surface area contributed by atoms with Gasteiger partial charge in [0.25, 0.3) is 0 Å². The second-order valence-corrected chi connectivity index (χ2v) is 6.30. The van der Waals surface area contributed by atoms with Gasteiger partial charge in [0.1, 0.15) is 0 Å². The Bertz CT molecular complexity index is 281. The van der Waals surface area contributed by atoms with Crippen LogP contribution in [0.2, 0.25) is 0 Å². The van der Waals surface area contributed by atoms with Crippen LogP contribution in [0.3, 0.4) is 0 Å². The molecule has 4 heteroatoms. The quantitative estimate of drug-likeness (QED) is 0.790. The second-order valence-electron chi connectivity index (χ2n) is 6.30. The molecule has 2 unspecified atom stereocenters. The van der Waals surface area contributed by atoms with E-state index < -0.39 is 0 Å². The minimum atomic E-state index is 0.0418. The normalized spacial score (nSPS) is 26.6. The van der Waals surface area contributed by atoms with Gasteiger partial charge in [0.15, 0.2) is 0 Å². The molecule has 19 heavy (non-hydrogen) atoms. The van der Waals surface area contributed by atoms with Crippen molar-refractivity contribution in [2.75, 3.05) is 26.2 Å². The first-order valence-corrected chi connectivity index (χ1v) is 7.93. The number of nitrogens with zero attached hydrogens (tertiary/aromatic N) is 1. The van der Waals surface area contributed by atoms with E-state index in [0.29, 0.717) is 12.0 Å². The number of carbonyl (C=O) groups is 1. The number of carbonyl (C=O) groups excluding carboxylic acids is 1.